The number of hydrogen-bond donors (Lipinski definition) is 0. The maximum Gasteiger partial charge on any atom is 0.254 e. The Morgan fingerprint density at radius 1 is 1.88 bits per heavy atom. The van der Waals surface area contributed by atoms with Crippen LogP contribution in [0.4, 0.5) is 0 Å². The van der Waals surface area contributed by atoms with Gasteiger partial charge < -0.3 is 9.26 Å². The highest BCUT2D eigenvalue weighted by atomic mass is 79.9. The average molecular weight is 178 g/mol. The van der Waals surface area contributed by atoms with E-state index < -0.39 is 0 Å². The molecule has 0 aliphatic carbocycles. The van der Waals surface area contributed by atoms with Crippen molar-refractivity contribution < 1.29 is 9.26 Å². The van der Waals surface area contributed by atoms with Crippen molar-refractivity contribution in [3.8, 4) is 5.88 Å². The monoisotopic (exact) mass is 177 g/mol. The zero-order valence-electron chi connectivity index (χ0n) is 4.22. The Bertz CT molecular complexity index is 174. The summed E-state index contributed by atoms with van der Waals surface area (Å²) in [5.41, 5.74) is 0. The lowest BCUT2D eigenvalue weighted by molar-refractivity contribution is 0.332. The van der Waals surface area contributed by atoms with E-state index in [1.807, 2.05) is 0 Å². The smallest absolute Gasteiger partial charge is 0.254 e. The molecule has 0 saturated carbocycles. The Balaban J connectivity index is 2.84. The fourth-order valence-corrected chi connectivity index (χ4v) is 0.603. The van der Waals surface area contributed by atoms with Crippen LogP contribution < -0.4 is 4.74 Å². The minimum atomic E-state index is 0.483. The first-order valence-corrected chi connectivity index (χ1v) is 2.78. The van der Waals surface area contributed by atoms with E-state index in [1.54, 1.807) is 6.07 Å². The van der Waals surface area contributed by atoms with Crippen molar-refractivity contribution in [3.05, 3.63) is 10.7 Å². The van der Waals surface area contributed by atoms with E-state index in [0.717, 1.165) is 0 Å². The summed E-state index contributed by atoms with van der Waals surface area (Å²) in [5, 5.41) is 3.49. The van der Waals surface area contributed by atoms with Crippen LogP contribution in [-0.4, -0.2) is 12.3 Å². The standard InChI is InChI=1S/C4H4BrNO2/c1-7-4-2-3(5)8-6-4/h2H,1H3. The van der Waals surface area contributed by atoms with Crippen molar-refractivity contribution >= 4 is 15.9 Å². The van der Waals surface area contributed by atoms with Gasteiger partial charge in [0.05, 0.1) is 13.2 Å². The molecule has 0 unspecified atom stereocenters. The highest BCUT2D eigenvalue weighted by molar-refractivity contribution is 9.10. The van der Waals surface area contributed by atoms with Crippen LogP contribution in [0.1, 0.15) is 0 Å². The van der Waals surface area contributed by atoms with E-state index in [2.05, 4.69) is 25.6 Å². The molecule has 0 amide bonds. The molecule has 1 heterocycles. The van der Waals surface area contributed by atoms with Crippen LogP contribution in [0.15, 0.2) is 15.3 Å². The molecule has 0 aliphatic heterocycles. The van der Waals surface area contributed by atoms with E-state index in [4.69, 9.17) is 4.74 Å². The molecule has 0 atom stereocenters. The number of aromatic nitrogens is 1. The van der Waals surface area contributed by atoms with Crippen molar-refractivity contribution in [2.24, 2.45) is 0 Å². The van der Waals surface area contributed by atoms with Gasteiger partial charge in [0.15, 0.2) is 0 Å². The van der Waals surface area contributed by atoms with Crippen LogP contribution in [0.2, 0.25) is 0 Å². The van der Waals surface area contributed by atoms with E-state index in [9.17, 15) is 0 Å². The third-order valence-corrected chi connectivity index (χ3v) is 1.04. The molecule has 0 aromatic carbocycles. The van der Waals surface area contributed by atoms with Gasteiger partial charge in [0.25, 0.3) is 5.88 Å². The highest BCUT2D eigenvalue weighted by Crippen LogP contribution is 2.15. The van der Waals surface area contributed by atoms with E-state index in [0.29, 0.717) is 10.5 Å². The predicted molar refractivity (Wildman–Crippen MR) is 30.8 cm³/mol. The van der Waals surface area contributed by atoms with E-state index in [-0.39, 0.29) is 0 Å². The molecule has 0 N–H and O–H groups in total. The second-order valence-corrected chi connectivity index (χ2v) is 1.95. The summed E-state index contributed by atoms with van der Waals surface area (Å²) < 4.78 is 9.88. The Hall–Kier alpha value is -0.510. The quantitative estimate of drug-likeness (QED) is 0.652. The summed E-state index contributed by atoms with van der Waals surface area (Å²) in [6.45, 7) is 0. The van der Waals surface area contributed by atoms with Crippen molar-refractivity contribution in [2.75, 3.05) is 7.11 Å². The van der Waals surface area contributed by atoms with Gasteiger partial charge in [-0.05, 0) is 21.1 Å². The lowest BCUT2D eigenvalue weighted by atomic mass is 10.7. The number of halogens is 1. The van der Waals surface area contributed by atoms with Gasteiger partial charge in [0.2, 0.25) is 4.67 Å². The molecule has 1 rings (SSSR count). The Kier molecular flexibility index (Phi) is 1.53. The number of ether oxygens (including phenoxy) is 1. The normalized spacial score (nSPS) is 9.25. The second-order valence-electron chi connectivity index (χ2n) is 1.17. The van der Waals surface area contributed by atoms with Crippen molar-refractivity contribution in [1.82, 2.24) is 5.16 Å². The first-order valence-electron chi connectivity index (χ1n) is 1.99. The molecule has 0 spiro atoms. The van der Waals surface area contributed by atoms with Crippen LogP contribution in [0, 0.1) is 0 Å². The number of nitrogens with zero attached hydrogens (tertiary/aromatic N) is 1. The summed E-state index contributed by atoms with van der Waals surface area (Å²) in [6.07, 6.45) is 0. The molecule has 0 aliphatic rings. The molecule has 1 aromatic heterocycles. The van der Waals surface area contributed by atoms with E-state index in [1.165, 1.54) is 7.11 Å². The van der Waals surface area contributed by atoms with Gasteiger partial charge in [-0.2, -0.15) is 0 Å². The summed E-state index contributed by atoms with van der Waals surface area (Å²) in [5.74, 6) is 0.483. The zero-order chi connectivity index (χ0) is 5.98. The molecule has 0 fully saturated rings. The Morgan fingerprint density at radius 3 is 2.88 bits per heavy atom. The zero-order valence-corrected chi connectivity index (χ0v) is 5.81. The van der Waals surface area contributed by atoms with Crippen LogP contribution in [-0.2, 0) is 0 Å². The van der Waals surface area contributed by atoms with Gasteiger partial charge in [0, 0.05) is 0 Å². The third-order valence-electron chi connectivity index (χ3n) is 0.669. The molecule has 3 nitrogen and oxygen atoms in total. The lowest BCUT2D eigenvalue weighted by Gasteiger charge is -1.83. The summed E-state index contributed by atoms with van der Waals surface area (Å²) in [4.78, 5) is 0. The average Bonchev–Trinajstić information content (AvgIpc) is 2.14. The molecule has 0 bridgehead atoms. The van der Waals surface area contributed by atoms with Crippen molar-refractivity contribution in [3.63, 3.8) is 0 Å². The van der Waals surface area contributed by atoms with Crippen molar-refractivity contribution in [1.29, 1.82) is 0 Å². The fourth-order valence-electron chi connectivity index (χ4n) is 0.335. The summed E-state index contributed by atoms with van der Waals surface area (Å²) in [7, 11) is 1.53. The van der Waals surface area contributed by atoms with Gasteiger partial charge in [-0.15, -0.1) is 0 Å². The summed E-state index contributed by atoms with van der Waals surface area (Å²) >= 11 is 3.06. The van der Waals surface area contributed by atoms with Gasteiger partial charge in [0.1, 0.15) is 0 Å². The van der Waals surface area contributed by atoms with E-state index >= 15 is 0 Å². The first kappa shape index (κ1) is 5.62. The molecule has 0 radical (unpaired) electrons. The molecule has 8 heavy (non-hydrogen) atoms. The second kappa shape index (κ2) is 2.17. The minimum Gasteiger partial charge on any atom is -0.479 e. The molecular formula is C4H4BrNO2. The summed E-state index contributed by atoms with van der Waals surface area (Å²) in [6, 6.07) is 1.64. The van der Waals surface area contributed by atoms with Crippen LogP contribution >= 0.6 is 15.9 Å². The van der Waals surface area contributed by atoms with Gasteiger partial charge in [-0.1, -0.05) is 0 Å². The molecule has 0 saturated heterocycles. The fraction of sp³-hybridized carbons (Fsp3) is 0.250. The lowest BCUT2D eigenvalue weighted by Crippen LogP contribution is -1.78. The minimum absolute atomic E-state index is 0.483. The predicted octanol–water partition coefficient (Wildman–Crippen LogP) is 1.45. The Morgan fingerprint density at radius 2 is 2.62 bits per heavy atom. The number of hydrogen-bond acceptors (Lipinski definition) is 3. The third kappa shape index (κ3) is 1.01. The van der Waals surface area contributed by atoms with Gasteiger partial charge >= 0.3 is 0 Å². The molecular weight excluding hydrogens is 174 g/mol. The molecule has 4 heteroatoms. The highest BCUT2D eigenvalue weighted by Gasteiger charge is 1.96. The SMILES string of the molecule is COc1cc(Br)on1. The topological polar surface area (TPSA) is 35.3 Å². The van der Waals surface area contributed by atoms with Crippen molar-refractivity contribution in [2.45, 2.75) is 0 Å². The maximum absolute atomic E-state index is 4.70. The Labute approximate surface area is 54.7 Å². The first-order chi connectivity index (χ1) is 3.83. The van der Waals surface area contributed by atoms with Crippen LogP contribution in [0.3, 0.4) is 0 Å². The number of rotatable bonds is 1. The van der Waals surface area contributed by atoms with Crippen LogP contribution in [0.5, 0.6) is 5.88 Å². The van der Waals surface area contributed by atoms with Gasteiger partial charge in [-0.25, -0.2) is 0 Å². The largest absolute Gasteiger partial charge is 0.479 e. The van der Waals surface area contributed by atoms with Crippen LogP contribution in [0.25, 0.3) is 0 Å². The maximum atomic E-state index is 4.70. The molecule has 44 valence electrons. The number of methoxy groups -OCH3 is 1. The molecule has 1 aromatic rings. The van der Waals surface area contributed by atoms with Gasteiger partial charge in [-0.3, -0.25) is 0 Å².